The summed E-state index contributed by atoms with van der Waals surface area (Å²) in [5, 5.41) is 0. The van der Waals surface area contributed by atoms with E-state index < -0.39 is 6.04 Å². The number of rotatable bonds is 5. The lowest BCUT2D eigenvalue weighted by Crippen LogP contribution is -2.57. The molecule has 1 aliphatic heterocycles. The molecule has 2 aromatic rings. The molecule has 3 rings (SSSR count). The Morgan fingerprint density at radius 1 is 1.11 bits per heavy atom. The van der Waals surface area contributed by atoms with Gasteiger partial charge in [-0.05, 0) is 50.2 Å². The zero-order valence-corrected chi connectivity index (χ0v) is 15.8. The number of methoxy groups -OCH3 is 1. The Balaban J connectivity index is 1.79. The van der Waals surface area contributed by atoms with Gasteiger partial charge in [0.2, 0.25) is 5.91 Å². The Labute approximate surface area is 159 Å². The van der Waals surface area contributed by atoms with Crippen molar-refractivity contribution in [3.8, 4) is 11.5 Å². The summed E-state index contributed by atoms with van der Waals surface area (Å²) in [6.07, 6.45) is 0. The van der Waals surface area contributed by atoms with Crippen molar-refractivity contribution in [2.45, 2.75) is 19.9 Å². The van der Waals surface area contributed by atoms with Crippen LogP contribution in [0.1, 0.15) is 24.2 Å². The Hall–Kier alpha value is -3.02. The van der Waals surface area contributed by atoms with Crippen molar-refractivity contribution in [2.24, 2.45) is 0 Å². The molecule has 0 spiro atoms. The van der Waals surface area contributed by atoms with Crippen LogP contribution in [0.5, 0.6) is 11.5 Å². The fourth-order valence-corrected chi connectivity index (χ4v) is 3.24. The molecule has 142 valence electrons. The van der Waals surface area contributed by atoms with Crippen molar-refractivity contribution in [1.29, 1.82) is 0 Å². The Morgan fingerprint density at radius 3 is 2.48 bits per heavy atom. The quantitative estimate of drug-likeness (QED) is 0.814. The van der Waals surface area contributed by atoms with Gasteiger partial charge in [0.05, 0.1) is 19.4 Å². The summed E-state index contributed by atoms with van der Waals surface area (Å²) in [6.45, 7) is 5.08. The number of benzene rings is 2. The van der Waals surface area contributed by atoms with Crippen LogP contribution in [0.3, 0.4) is 0 Å². The molecule has 0 saturated carbocycles. The largest absolute Gasteiger partial charge is 0.497 e. The Kier molecular flexibility index (Phi) is 5.64. The van der Waals surface area contributed by atoms with Crippen LogP contribution in [-0.4, -0.2) is 49.6 Å². The van der Waals surface area contributed by atoms with Gasteiger partial charge in [0.15, 0.2) is 0 Å². The molecule has 1 fully saturated rings. The van der Waals surface area contributed by atoms with Gasteiger partial charge in [-0.3, -0.25) is 9.59 Å². The fourth-order valence-electron chi connectivity index (χ4n) is 3.24. The number of nitrogens with zero attached hydrogens (tertiary/aromatic N) is 2. The zero-order chi connectivity index (χ0) is 19.4. The second-order valence-electron chi connectivity index (χ2n) is 6.29. The van der Waals surface area contributed by atoms with Gasteiger partial charge in [-0.1, -0.05) is 12.1 Å². The molecule has 0 unspecified atom stereocenters. The summed E-state index contributed by atoms with van der Waals surface area (Å²) in [4.78, 5) is 29.2. The highest BCUT2D eigenvalue weighted by Gasteiger charge is 2.36. The lowest BCUT2D eigenvalue weighted by molar-refractivity contribution is -0.124. The van der Waals surface area contributed by atoms with Gasteiger partial charge in [-0.15, -0.1) is 0 Å². The Morgan fingerprint density at radius 2 is 1.81 bits per heavy atom. The van der Waals surface area contributed by atoms with E-state index in [0.717, 1.165) is 5.69 Å². The fraction of sp³-hybridized carbons (Fsp3) is 0.333. The van der Waals surface area contributed by atoms with E-state index in [9.17, 15) is 9.59 Å². The van der Waals surface area contributed by atoms with Gasteiger partial charge in [-0.2, -0.15) is 0 Å². The first-order valence-electron chi connectivity index (χ1n) is 9.05. The number of para-hydroxylation sites is 2. The number of hydrogen-bond acceptors (Lipinski definition) is 4. The SMILES string of the molecule is CCOc1ccccc1N1CCN(C(=O)c2ccc(OC)cc2)[C@H](C)C1=O. The highest BCUT2D eigenvalue weighted by atomic mass is 16.5. The van der Waals surface area contributed by atoms with Gasteiger partial charge < -0.3 is 19.3 Å². The molecular formula is C21H24N2O4. The number of hydrogen-bond donors (Lipinski definition) is 0. The van der Waals surface area contributed by atoms with E-state index in [1.54, 1.807) is 48.1 Å². The van der Waals surface area contributed by atoms with E-state index in [0.29, 0.717) is 36.8 Å². The maximum Gasteiger partial charge on any atom is 0.254 e. The average molecular weight is 368 g/mol. The molecule has 0 bridgehead atoms. The molecule has 1 atom stereocenters. The van der Waals surface area contributed by atoms with E-state index in [4.69, 9.17) is 9.47 Å². The molecular weight excluding hydrogens is 344 g/mol. The van der Waals surface area contributed by atoms with Crippen molar-refractivity contribution in [1.82, 2.24) is 4.90 Å². The van der Waals surface area contributed by atoms with Gasteiger partial charge in [-0.25, -0.2) is 0 Å². The molecule has 0 N–H and O–H groups in total. The monoisotopic (exact) mass is 368 g/mol. The van der Waals surface area contributed by atoms with E-state index in [1.165, 1.54) is 0 Å². The van der Waals surface area contributed by atoms with Gasteiger partial charge in [0.25, 0.3) is 5.91 Å². The minimum absolute atomic E-state index is 0.115. The third-order valence-electron chi connectivity index (χ3n) is 4.71. The van der Waals surface area contributed by atoms with E-state index in [2.05, 4.69) is 0 Å². The van der Waals surface area contributed by atoms with Crippen molar-refractivity contribution in [3.63, 3.8) is 0 Å². The van der Waals surface area contributed by atoms with E-state index in [-0.39, 0.29) is 11.8 Å². The van der Waals surface area contributed by atoms with Crippen LogP contribution in [0.2, 0.25) is 0 Å². The first kappa shape index (κ1) is 18.8. The highest BCUT2D eigenvalue weighted by Crippen LogP contribution is 2.31. The molecule has 0 aliphatic carbocycles. The third-order valence-corrected chi connectivity index (χ3v) is 4.71. The van der Waals surface area contributed by atoms with Gasteiger partial charge in [0, 0.05) is 18.7 Å². The molecule has 1 heterocycles. The summed E-state index contributed by atoms with van der Waals surface area (Å²) in [7, 11) is 1.58. The number of piperazine rings is 1. The molecule has 2 aromatic carbocycles. The standard InChI is InChI=1S/C21H24N2O4/c1-4-27-19-8-6-5-7-18(19)23-14-13-22(15(2)20(23)24)21(25)16-9-11-17(26-3)12-10-16/h5-12,15H,4,13-14H2,1-3H3/t15-/m1/s1. The molecule has 0 radical (unpaired) electrons. The summed E-state index contributed by atoms with van der Waals surface area (Å²) in [6, 6.07) is 13.9. The van der Waals surface area contributed by atoms with E-state index >= 15 is 0 Å². The molecule has 0 aromatic heterocycles. The minimum Gasteiger partial charge on any atom is -0.497 e. The maximum absolute atomic E-state index is 13.0. The second-order valence-corrected chi connectivity index (χ2v) is 6.29. The maximum atomic E-state index is 13.0. The smallest absolute Gasteiger partial charge is 0.254 e. The molecule has 6 heteroatoms. The van der Waals surface area contributed by atoms with Crippen molar-refractivity contribution in [2.75, 3.05) is 31.7 Å². The van der Waals surface area contributed by atoms with Crippen LogP contribution < -0.4 is 14.4 Å². The number of carbonyl (C=O) groups excluding carboxylic acids is 2. The highest BCUT2D eigenvalue weighted by molar-refractivity contribution is 6.04. The normalized spacial score (nSPS) is 17.0. The van der Waals surface area contributed by atoms with Gasteiger partial charge >= 0.3 is 0 Å². The van der Waals surface area contributed by atoms with E-state index in [1.807, 2.05) is 31.2 Å². The first-order chi connectivity index (χ1) is 13.1. The topological polar surface area (TPSA) is 59.1 Å². The molecule has 1 aliphatic rings. The summed E-state index contributed by atoms with van der Waals surface area (Å²) < 4.78 is 10.8. The lowest BCUT2D eigenvalue weighted by atomic mass is 10.1. The first-order valence-corrected chi connectivity index (χ1v) is 9.05. The summed E-state index contributed by atoms with van der Waals surface area (Å²) in [5.41, 5.74) is 1.28. The summed E-state index contributed by atoms with van der Waals surface area (Å²) in [5.74, 6) is 1.09. The van der Waals surface area contributed by atoms with Crippen LogP contribution in [0.4, 0.5) is 5.69 Å². The number of ether oxygens (including phenoxy) is 2. The van der Waals surface area contributed by atoms with Crippen LogP contribution in [-0.2, 0) is 4.79 Å². The molecule has 6 nitrogen and oxygen atoms in total. The van der Waals surface area contributed by atoms with Crippen LogP contribution in [0.25, 0.3) is 0 Å². The zero-order valence-electron chi connectivity index (χ0n) is 15.8. The predicted molar refractivity (Wildman–Crippen MR) is 103 cm³/mol. The van der Waals surface area contributed by atoms with Crippen LogP contribution in [0.15, 0.2) is 48.5 Å². The second kappa shape index (κ2) is 8.12. The Bertz CT molecular complexity index is 819. The number of anilines is 1. The van der Waals surface area contributed by atoms with Crippen molar-refractivity contribution >= 4 is 17.5 Å². The minimum atomic E-state index is -0.553. The molecule has 1 saturated heterocycles. The third kappa shape index (κ3) is 3.74. The summed E-state index contributed by atoms with van der Waals surface area (Å²) >= 11 is 0. The predicted octanol–water partition coefficient (Wildman–Crippen LogP) is 2.97. The molecule has 2 amide bonds. The van der Waals surface area contributed by atoms with Crippen molar-refractivity contribution < 1.29 is 19.1 Å². The molecule has 27 heavy (non-hydrogen) atoms. The van der Waals surface area contributed by atoms with Crippen molar-refractivity contribution in [3.05, 3.63) is 54.1 Å². The number of carbonyl (C=O) groups is 2. The van der Waals surface area contributed by atoms with Crippen LogP contribution in [0, 0.1) is 0 Å². The van der Waals surface area contributed by atoms with Gasteiger partial charge in [0.1, 0.15) is 17.5 Å². The lowest BCUT2D eigenvalue weighted by Gasteiger charge is -2.39. The van der Waals surface area contributed by atoms with Crippen LogP contribution >= 0.6 is 0 Å². The average Bonchev–Trinajstić information content (AvgIpc) is 2.70. The number of amides is 2.